The molecule has 0 N–H and O–H groups in total. The van der Waals surface area contributed by atoms with Crippen LogP contribution in [0.5, 0.6) is 11.5 Å². The van der Waals surface area contributed by atoms with Gasteiger partial charge in [0.2, 0.25) is 0 Å². The highest BCUT2D eigenvalue weighted by Gasteiger charge is 2.30. The van der Waals surface area contributed by atoms with E-state index < -0.39 is 6.36 Å². The molecule has 0 aliphatic rings. The maximum atomic E-state index is 12.2. The van der Waals surface area contributed by atoms with Crippen LogP contribution >= 0.6 is 0 Å². The lowest BCUT2D eigenvalue weighted by Crippen LogP contribution is -2.16. The molecular formula is C19H18F3NO2. The number of ether oxygens (including phenoxy) is 2. The molecule has 3 nitrogen and oxygen atoms in total. The second kappa shape index (κ2) is 8.43. The fraction of sp³-hybridized carbons (Fsp3) is 0.316. The quantitative estimate of drug-likeness (QED) is 0.603. The van der Waals surface area contributed by atoms with Gasteiger partial charge in [0.15, 0.2) is 0 Å². The zero-order chi connectivity index (χ0) is 18.3. The van der Waals surface area contributed by atoms with Gasteiger partial charge in [-0.3, -0.25) is 0 Å². The topological polar surface area (TPSA) is 42.2 Å². The minimum atomic E-state index is -4.71. The summed E-state index contributed by atoms with van der Waals surface area (Å²) >= 11 is 0. The lowest BCUT2D eigenvalue weighted by atomic mass is 10.0. The number of hydrogen-bond acceptors (Lipinski definition) is 3. The summed E-state index contributed by atoms with van der Waals surface area (Å²) < 4.78 is 46.2. The first-order chi connectivity index (χ1) is 11.9. The lowest BCUT2D eigenvalue weighted by molar-refractivity contribution is -0.274. The van der Waals surface area contributed by atoms with Crippen LogP contribution in [-0.4, -0.2) is 13.0 Å². The molecule has 2 rings (SSSR count). The van der Waals surface area contributed by atoms with Gasteiger partial charge in [0.25, 0.3) is 0 Å². The Morgan fingerprint density at radius 2 is 1.68 bits per heavy atom. The van der Waals surface area contributed by atoms with Crippen LogP contribution in [0.3, 0.4) is 0 Å². The van der Waals surface area contributed by atoms with E-state index in [1.807, 2.05) is 0 Å². The van der Waals surface area contributed by atoms with Crippen LogP contribution in [0.2, 0.25) is 0 Å². The summed E-state index contributed by atoms with van der Waals surface area (Å²) in [7, 11) is 0. The van der Waals surface area contributed by atoms with Crippen molar-refractivity contribution in [2.45, 2.75) is 32.5 Å². The van der Waals surface area contributed by atoms with Crippen molar-refractivity contribution in [2.75, 3.05) is 6.61 Å². The average Bonchev–Trinajstić information content (AvgIpc) is 2.58. The number of benzene rings is 2. The Kier molecular flexibility index (Phi) is 6.29. The molecule has 0 fully saturated rings. The van der Waals surface area contributed by atoms with E-state index in [-0.39, 0.29) is 5.75 Å². The fourth-order valence-electron chi connectivity index (χ4n) is 2.30. The summed E-state index contributed by atoms with van der Waals surface area (Å²) in [6.45, 7) is 2.61. The molecule has 2 aromatic carbocycles. The summed E-state index contributed by atoms with van der Waals surface area (Å²) in [5.74, 6) is 0.202. The second-order valence-electron chi connectivity index (χ2n) is 5.45. The summed E-state index contributed by atoms with van der Waals surface area (Å²) in [6.07, 6.45) is -1.70. The number of alkyl halides is 3. The van der Waals surface area contributed by atoms with Gasteiger partial charge in [-0.1, -0.05) is 38.0 Å². The molecular weight excluding hydrogens is 331 g/mol. The predicted octanol–water partition coefficient (Wildman–Crippen LogP) is 5.69. The maximum Gasteiger partial charge on any atom is 0.573 e. The van der Waals surface area contributed by atoms with Crippen molar-refractivity contribution in [3.05, 3.63) is 48.0 Å². The van der Waals surface area contributed by atoms with Crippen molar-refractivity contribution in [2.24, 2.45) is 0 Å². The van der Waals surface area contributed by atoms with E-state index >= 15 is 0 Å². The molecule has 0 amide bonds. The van der Waals surface area contributed by atoms with E-state index in [4.69, 9.17) is 4.74 Å². The number of unbranched alkanes of at least 4 members (excludes halogenated alkanes) is 2. The van der Waals surface area contributed by atoms with Gasteiger partial charge in [-0.05, 0) is 41.8 Å². The summed E-state index contributed by atoms with van der Waals surface area (Å²) in [5, 5.41) is 9.17. The van der Waals surface area contributed by atoms with Crippen LogP contribution in [0, 0.1) is 11.3 Å². The minimum absolute atomic E-state index is 0.277. The van der Waals surface area contributed by atoms with Gasteiger partial charge in [0.1, 0.15) is 17.6 Å². The Hall–Kier alpha value is -2.68. The molecule has 0 spiro atoms. The third-order valence-electron chi connectivity index (χ3n) is 3.53. The minimum Gasteiger partial charge on any atom is -0.492 e. The maximum absolute atomic E-state index is 12.2. The first kappa shape index (κ1) is 18.7. The van der Waals surface area contributed by atoms with E-state index in [0.29, 0.717) is 23.5 Å². The molecule has 0 unspecified atom stereocenters. The Morgan fingerprint density at radius 3 is 2.28 bits per heavy atom. The fourth-order valence-corrected chi connectivity index (χ4v) is 2.30. The molecule has 0 aliphatic carbocycles. The number of halogens is 3. The molecule has 0 saturated heterocycles. The van der Waals surface area contributed by atoms with Gasteiger partial charge in [0.05, 0.1) is 12.2 Å². The smallest absolute Gasteiger partial charge is 0.492 e. The molecule has 0 atom stereocenters. The van der Waals surface area contributed by atoms with Crippen molar-refractivity contribution in [1.29, 1.82) is 5.26 Å². The Labute approximate surface area is 144 Å². The molecule has 0 aliphatic heterocycles. The molecule has 0 heterocycles. The monoisotopic (exact) mass is 349 g/mol. The Balaban J connectivity index is 2.17. The molecule has 0 radical (unpaired) electrons. The van der Waals surface area contributed by atoms with Crippen LogP contribution < -0.4 is 9.47 Å². The van der Waals surface area contributed by atoms with Crippen molar-refractivity contribution >= 4 is 0 Å². The molecule has 2 aromatic rings. The van der Waals surface area contributed by atoms with Gasteiger partial charge in [0, 0.05) is 0 Å². The van der Waals surface area contributed by atoms with Crippen molar-refractivity contribution in [1.82, 2.24) is 0 Å². The van der Waals surface area contributed by atoms with Crippen molar-refractivity contribution in [3.63, 3.8) is 0 Å². The van der Waals surface area contributed by atoms with Gasteiger partial charge < -0.3 is 9.47 Å². The van der Waals surface area contributed by atoms with Crippen LogP contribution in [0.15, 0.2) is 42.5 Å². The zero-order valence-electron chi connectivity index (χ0n) is 13.8. The molecule has 0 bridgehead atoms. The van der Waals surface area contributed by atoms with E-state index in [1.54, 1.807) is 18.2 Å². The number of nitrogens with zero attached hydrogens (tertiary/aromatic N) is 1. The van der Waals surface area contributed by atoms with E-state index in [0.717, 1.165) is 24.8 Å². The van der Waals surface area contributed by atoms with Crippen LogP contribution in [0.4, 0.5) is 13.2 Å². The second-order valence-corrected chi connectivity index (χ2v) is 5.45. The first-order valence-corrected chi connectivity index (χ1v) is 7.96. The van der Waals surface area contributed by atoms with Crippen LogP contribution in [0.25, 0.3) is 11.1 Å². The van der Waals surface area contributed by atoms with E-state index in [9.17, 15) is 18.4 Å². The number of hydrogen-bond donors (Lipinski definition) is 0. The van der Waals surface area contributed by atoms with Gasteiger partial charge in [-0.15, -0.1) is 13.2 Å². The summed E-state index contributed by atoms with van der Waals surface area (Å²) in [5.41, 5.74) is 1.89. The first-order valence-electron chi connectivity index (χ1n) is 7.96. The standard InChI is InChI=1S/C19H18F3NO2/c1-2-3-4-11-24-18-12-15(5-6-16(18)13-23)14-7-9-17(10-8-14)25-19(20,21)22/h5-10,12H,2-4,11H2,1H3. The van der Waals surface area contributed by atoms with E-state index in [2.05, 4.69) is 17.7 Å². The van der Waals surface area contributed by atoms with Crippen molar-refractivity contribution < 1.29 is 22.6 Å². The normalized spacial score (nSPS) is 11.0. The van der Waals surface area contributed by atoms with E-state index in [1.165, 1.54) is 24.3 Å². The SMILES string of the molecule is CCCCCOc1cc(-c2ccc(OC(F)(F)F)cc2)ccc1C#N. The molecule has 25 heavy (non-hydrogen) atoms. The highest BCUT2D eigenvalue weighted by molar-refractivity contribution is 5.67. The Morgan fingerprint density at radius 1 is 1.00 bits per heavy atom. The predicted molar refractivity (Wildman–Crippen MR) is 88.3 cm³/mol. The van der Waals surface area contributed by atoms with Crippen molar-refractivity contribution in [3.8, 4) is 28.7 Å². The highest BCUT2D eigenvalue weighted by atomic mass is 19.4. The number of nitriles is 1. The molecule has 0 saturated carbocycles. The van der Waals surface area contributed by atoms with Gasteiger partial charge in [-0.25, -0.2) is 0 Å². The third-order valence-corrected chi connectivity index (χ3v) is 3.53. The highest BCUT2D eigenvalue weighted by Crippen LogP contribution is 2.30. The molecule has 0 aromatic heterocycles. The lowest BCUT2D eigenvalue weighted by Gasteiger charge is -2.11. The zero-order valence-corrected chi connectivity index (χ0v) is 13.8. The summed E-state index contributed by atoms with van der Waals surface area (Å²) in [4.78, 5) is 0. The number of rotatable bonds is 7. The third kappa shape index (κ3) is 5.71. The Bertz CT molecular complexity index is 734. The van der Waals surface area contributed by atoms with Gasteiger partial charge >= 0.3 is 6.36 Å². The average molecular weight is 349 g/mol. The molecule has 6 heteroatoms. The van der Waals surface area contributed by atoms with Gasteiger partial charge in [-0.2, -0.15) is 5.26 Å². The molecule has 132 valence electrons. The van der Waals surface area contributed by atoms with Crippen LogP contribution in [-0.2, 0) is 0 Å². The largest absolute Gasteiger partial charge is 0.573 e. The summed E-state index contributed by atoms with van der Waals surface area (Å²) in [6, 6.07) is 12.8. The van der Waals surface area contributed by atoms with Crippen LogP contribution in [0.1, 0.15) is 31.7 Å².